The molecule has 10 heteroatoms. The van der Waals surface area contributed by atoms with E-state index >= 15 is 0 Å². The van der Waals surface area contributed by atoms with Gasteiger partial charge in [0.2, 0.25) is 11.8 Å². The van der Waals surface area contributed by atoms with E-state index in [1.807, 2.05) is 61.5 Å². The summed E-state index contributed by atoms with van der Waals surface area (Å²) in [7, 11) is -1.23. The average molecular weight is 670 g/mol. The lowest BCUT2D eigenvalue weighted by atomic mass is 10.0. The molecule has 2 amide bonds. The molecule has 1 fully saturated rings. The van der Waals surface area contributed by atoms with Gasteiger partial charge in [-0.1, -0.05) is 85.1 Å². The third-order valence-corrected chi connectivity index (χ3v) is 10.5. The number of hydrogen-bond acceptors (Lipinski definition) is 6. The number of carbonyl (C=O) groups is 2. The smallest absolute Gasteiger partial charge is 0.264 e. The van der Waals surface area contributed by atoms with Gasteiger partial charge in [-0.25, -0.2) is 8.42 Å². The predicted molar refractivity (Wildman–Crippen MR) is 187 cm³/mol. The summed E-state index contributed by atoms with van der Waals surface area (Å²) in [5.74, 6) is 0.0850. The summed E-state index contributed by atoms with van der Waals surface area (Å²) < 4.78 is 40.8. The summed E-state index contributed by atoms with van der Waals surface area (Å²) in [6, 6.07) is 29.1. The van der Waals surface area contributed by atoms with Gasteiger partial charge in [0, 0.05) is 19.0 Å². The fraction of sp³-hybridized carbons (Fsp3) is 0.316. The highest BCUT2D eigenvalue weighted by atomic mass is 32.2. The zero-order valence-electron chi connectivity index (χ0n) is 27.7. The highest BCUT2D eigenvalue weighted by molar-refractivity contribution is 7.92. The molecule has 5 rings (SSSR count). The first-order chi connectivity index (χ1) is 23.2. The number of anilines is 1. The minimum atomic E-state index is -4.25. The van der Waals surface area contributed by atoms with Gasteiger partial charge in [0.05, 0.1) is 24.8 Å². The van der Waals surface area contributed by atoms with Crippen LogP contribution < -0.4 is 19.1 Å². The van der Waals surface area contributed by atoms with Crippen molar-refractivity contribution in [3.63, 3.8) is 0 Å². The van der Waals surface area contributed by atoms with E-state index in [9.17, 15) is 18.0 Å². The van der Waals surface area contributed by atoms with Crippen LogP contribution in [0.15, 0.2) is 108 Å². The first-order valence-corrected chi connectivity index (χ1v) is 17.6. The maximum Gasteiger partial charge on any atom is 0.264 e. The fourth-order valence-corrected chi connectivity index (χ4v) is 7.50. The lowest BCUT2D eigenvalue weighted by molar-refractivity contribution is -0.140. The zero-order valence-corrected chi connectivity index (χ0v) is 28.5. The maximum atomic E-state index is 14.8. The molecule has 4 aromatic carbocycles. The number of nitrogens with zero attached hydrogens (tertiary/aromatic N) is 2. The van der Waals surface area contributed by atoms with Gasteiger partial charge >= 0.3 is 0 Å². The van der Waals surface area contributed by atoms with E-state index in [0.29, 0.717) is 11.5 Å². The largest absolute Gasteiger partial charge is 0.497 e. The van der Waals surface area contributed by atoms with Crippen molar-refractivity contribution in [2.75, 3.05) is 25.1 Å². The molecular weight excluding hydrogens is 627 g/mol. The van der Waals surface area contributed by atoms with Crippen molar-refractivity contribution < 1.29 is 27.5 Å². The molecule has 252 valence electrons. The average Bonchev–Trinajstić information content (AvgIpc) is 3.62. The van der Waals surface area contributed by atoms with Crippen LogP contribution in [0, 0.1) is 6.92 Å². The van der Waals surface area contributed by atoms with Gasteiger partial charge in [0.1, 0.15) is 24.1 Å². The van der Waals surface area contributed by atoms with Gasteiger partial charge < -0.3 is 19.7 Å². The molecule has 0 bridgehead atoms. The van der Waals surface area contributed by atoms with Gasteiger partial charge in [0.15, 0.2) is 0 Å². The number of methoxy groups -OCH3 is 2. The normalized spacial score (nSPS) is 13.8. The Labute approximate surface area is 283 Å². The van der Waals surface area contributed by atoms with E-state index in [4.69, 9.17) is 9.47 Å². The van der Waals surface area contributed by atoms with Crippen molar-refractivity contribution in [2.24, 2.45) is 0 Å². The zero-order chi connectivity index (χ0) is 34.1. The Morgan fingerprint density at radius 2 is 1.50 bits per heavy atom. The van der Waals surface area contributed by atoms with Crippen molar-refractivity contribution in [3.05, 3.63) is 120 Å². The van der Waals surface area contributed by atoms with Crippen LogP contribution in [-0.2, 0) is 32.6 Å². The van der Waals surface area contributed by atoms with Crippen molar-refractivity contribution in [1.29, 1.82) is 0 Å². The van der Waals surface area contributed by atoms with Crippen molar-refractivity contribution in [3.8, 4) is 11.5 Å². The Hall–Kier alpha value is -4.83. The van der Waals surface area contributed by atoms with E-state index in [-0.39, 0.29) is 35.5 Å². The highest BCUT2D eigenvalue weighted by Gasteiger charge is 2.36. The molecule has 9 nitrogen and oxygen atoms in total. The van der Waals surface area contributed by atoms with Crippen LogP contribution in [0.4, 0.5) is 5.69 Å². The number of sulfonamides is 1. The van der Waals surface area contributed by atoms with E-state index < -0.39 is 28.5 Å². The third kappa shape index (κ3) is 8.36. The summed E-state index contributed by atoms with van der Waals surface area (Å²) in [5, 5.41) is 3.20. The predicted octanol–water partition coefficient (Wildman–Crippen LogP) is 5.91. The second kappa shape index (κ2) is 15.8. The molecule has 1 atom stereocenters. The van der Waals surface area contributed by atoms with Crippen molar-refractivity contribution in [1.82, 2.24) is 10.2 Å². The molecule has 0 heterocycles. The fourth-order valence-electron chi connectivity index (χ4n) is 6.08. The Balaban J connectivity index is 1.59. The van der Waals surface area contributed by atoms with Crippen molar-refractivity contribution >= 4 is 27.5 Å². The number of aryl methyl sites for hydroxylation is 1. The van der Waals surface area contributed by atoms with Crippen LogP contribution in [-0.4, -0.2) is 58.0 Å². The highest BCUT2D eigenvalue weighted by Crippen LogP contribution is 2.33. The maximum absolute atomic E-state index is 14.8. The molecule has 1 N–H and O–H groups in total. The molecule has 4 aromatic rings. The second-order valence-corrected chi connectivity index (χ2v) is 13.9. The first-order valence-electron chi connectivity index (χ1n) is 16.2. The van der Waals surface area contributed by atoms with Crippen LogP contribution >= 0.6 is 0 Å². The lowest BCUT2D eigenvalue weighted by Crippen LogP contribution is -2.54. The summed E-state index contributed by atoms with van der Waals surface area (Å²) >= 11 is 0. The SMILES string of the molecule is COc1cccc(CN(C(=O)CN(c2ccccc2OC)S(=O)(=O)c2ccc(C)cc2)C(Cc2ccccc2)C(=O)NC2CCCC2)c1. The number of amides is 2. The molecular formula is C38H43N3O6S. The Morgan fingerprint density at radius 1 is 0.833 bits per heavy atom. The summed E-state index contributed by atoms with van der Waals surface area (Å²) in [5.41, 5.74) is 2.72. The van der Waals surface area contributed by atoms with Gasteiger partial charge in [0.25, 0.3) is 10.0 Å². The van der Waals surface area contributed by atoms with Gasteiger partial charge in [-0.2, -0.15) is 0 Å². The van der Waals surface area contributed by atoms with Gasteiger partial charge in [-0.15, -0.1) is 0 Å². The quantitative estimate of drug-likeness (QED) is 0.179. The number of para-hydroxylation sites is 2. The summed E-state index contributed by atoms with van der Waals surface area (Å²) in [6.07, 6.45) is 4.07. The Kier molecular flexibility index (Phi) is 11.4. The summed E-state index contributed by atoms with van der Waals surface area (Å²) in [6.45, 7) is 1.36. The monoisotopic (exact) mass is 669 g/mol. The molecule has 1 aliphatic rings. The Bertz CT molecular complexity index is 1790. The summed E-state index contributed by atoms with van der Waals surface area (Å²) in [4.78, 5) is 30.5. The molecule has 0 aliphatic heterocycles. The number of rotatable bonds is 14. The molecule has 0 spiro atoms. The van der Waals surface area contributed by atoms with Crippen LogP contribution in [0.5, 0.6) is 11.5 Å². The van der Waals surface area contributed by atoms with E-state index in [1.165, 1.54) is 24.1 Å². The lowest BCUT2D eigenvalue weighted by Gasteiger charge is -2.34. The number of benzene rings is 4. The van der Waals surface area contributed by atoms with Crippen LogP contribution in [0.1, 0.15) is 42.4 Å². The molecule has 1 saturated carbocycles. The van der Waals surface area contributed by atoms with E-state index in [2.05, 4.69) is 5.32 Å². The van der Waals surface area contributed by atoms with Crippen LogP contribution in [0.25, 0.3) is 0 Å². The molecule has 48 heavy (non-hydrogen) atoms. The molecule has 0 radical (unpaired) electrons. The van der Waals surface area contributed by atoms with Crippen LogP contribution in [0.2, 0.25) is 0 Å². The van der Waals surface area contributed by atoms with Crippen LogP contribution in [0.3, 0.4) is 0 Å². The van der Waals surface area contributed by atoms with E-state index in [0.717, 1.165) is 46.7 Å². The standard InChI is InChI=1S/C38H43N3O6S/c1-28-20-22-33(23-21-28)48(44,45)41(34-18-9-10-19-36(34)47-3)27-37(42)40(26-30-14-11-17-32(24-30)46-2)35(25-29-12-5-4-6-13-29)38(43)39-31-15-7-8-16-31/h4-6,9-14,17-24,31,35H,7-8,15-16,25-27H2,1-3H3,(H,39,43). The van der Waals surface area contributed by atoms with Gasteiger partial charge in [-0.05, 0) is 67.3 Å². The minimum absolute atomic E-state index is 0.0246. The molecule has 1 unspecified atom stereocenters. The number of hydrogen-bond donors (Lipinski definition) is 1. The number of ether oxygens (including phenoxy) is 2. The number of carbonyl (C=O) groups excluding carboxylic acids is 2. The molecule has 0 aromatic heterocycles. The third-order valence-electron chi connectivity index (χ3n) is 8.70. The Morgan fingerprint density at radius 3 is 2.19 bits per heavy atom. The van der Waals surface area contributed by atoms with E-state index in [1.54, 1.807) is 43.5 Å². The molecule has 0 saturated heterocycles. The van der Waals surface area contributed by atoms with Gasteiger partial charge in [-0.3, -0.25) is 13.9 Å². The number of nitrogens with one attached hydrogen (secondary N) is 1. The topological polar surface area (TPSA) is 105 Å². The minimum Gasteiger partial charge on any atom is -0.497 e. The molecule has 1 aliphatic carbocycles. The van der Waals surface area contributed by atoms with Crippen molar-refractivity contribution in [2.45, 2.75) is 62.6 Å². The second-order valence-electron chi connectivity index (χ2n) is 12.1. The first kappa shape index (κ1) is 34.5.